The summed E-state index contributed by atoms with van der Waals surface area (Å²) in [7, 11) is -4.09. The molecule has 0 saturated carbocycles. The van der Waals surface area contributed by atoms with Crippen LogP contribution < -0.4 is 0 Å². The molecule has 0 radical (unpaired) electrons. The van der Waals surface area contributed by atoms with Crippen molar-refractivity contribution < 1.29 is 22.7 Å². The molecule has 0 spiro atoms. The first kappa shape index (κ1) is 16.6. The van der Waals surface area contributed by atoms with Crippen molar-refractivity contribution in [3.05, 3.63) is 29.6 Å². The van der Waals surface area contributed by atoms with Gasteiger partial charge in [-0.2, -0.15) is 4.31 Å². The SMILES string of the molecule is Cc1ccc(F)cc1S(=O)(=O)N(CC(=O)O)C(C)(C)C. The summed E-state index contributed by atoms with van der Waals surface area (Å²) in [5.74, 6) is -1.95. The van der Waals surface area contributed by atoms with E-state index in [2.05, 4.69) is 0 Å². The monoisotopic (exact) mass is 303 g/mol. The largest absolute Gasteiger partial charge is 0.480 e. The third-order valence-corrected chi connectivity index (χ3v) is 5.00. The molecule has 20 heavy (non-hydrogen) atoms. The molecular weight excluding hydrogens is 285 g/mol. The molecular formula is C13H18FNO4S. The maximum atomic E-state index is 13.3. The Labute approximate surface area is 118 Å². The summed E-state index contributed by atoms with van der Waals surface area (Å²) in [5.41, 5.74) is -0.568. The van der Waals surface area contributed by atoms with Gasteiger partial charge in [0.15, 0.2) is 0 Å². The number of hydrogen-bond acceptors (Lipinski definition) is 3. The van der Waals surface area contributed by atoms with Crippen LogP contribution >= 0.6 is 0 Å². The number of rotatable bonds is 4. The van der Waals surface area contributed by atoms with Crippen molar-refractivity contribution in [1.82, 2.24) is 4.31 Å². The molecule has 112 valence electrons. The van der Waals surface area contributed by atoms with Crippen molar-refractivity contribution in [1.29, 1.82) is 0 Å². The van der Waals surface area contributed by atoms with E-state index in [0.29, 0.717) is 5.56 Å². The van der Waals surface area contributed by atoms with Crippen LogP contribution in [0.3, 0.4) is 0 Å². The van der Waals surface area contributed by atoms with Crippen LogP contribution in [0.25, 0.3) is 0 Å². The number of aryl methyl sites for hydroxylation is 1. The topological polar surface area (TPSA) is 74.7 Å². The number of aliphatic carboxylic acids is 1. The normalized spacial score (nSPS) is 12.7. The zero-order chi connectivity index (χ0) is 15.7. The zero-order valence-electron chi connectivity index (χ0n) is 11.8. The summed E-state index contributed by atoms with van der Waals surface area (Å²) >= 11 is 0. The van der Waals surface area contributed by atoms with Crippen LogP contribution in [-0.4, -0.2) is 35.9 Å². The number of sulfonamides is 1. The number of carbonyl (C=O) groups is 1. The van der Waals surface area contributed by atoms with Crippen molar-refractivity contribution in [3.63, 3.8) is 0 Å². The van der Waals surface area contributed by atoms with Crippen LogP contribution in [0.4, 0.5) is 4.39 Å². The van der Waals surface area contributed by atoms with Crippen molar-refractivity contribution in [2.24, 2.45) is 0 Å². The van der Waals surface area contributed by atoms with Gasteiger partial charge in [0.05, 0.1) is 4.90 Å². The molecule has 0 aliphatic rings. The van der Waals surface area contributed by atoms with E-state index in [1.807, 2.05) is 0 Å². The number of carboxylic acids is 1. The highest BCUT2D eigenvalue weighted by Crippen LogP contribution is 2.26. The fourth-order valence-electron chi connectivity index (χ4n) is 1.78. The molecule has 0 aromatic heterocycles. The minimum Gasteiger partial charge on any atom is -0.480 e. The predicted molar refractivity (Wildman–Crippen MR) is 72.4 cm³/mol. The van der Waals surface area contributed by atoms with Crippen molar-refractivity contribution in [2.75, 3.05) is 6.54 Å². The van der Waals surface area contributed by atoms with Crippen LogP contribution in [-0.2, 0) is 14.8 Å². The zero-order valence-corrected chi connectivity index (χ0v) is 12.7. The van der Waals surface area contributed by atoms with Crippen LogP contribution in [0.2, 0.25) is 0 Å². The Balaban J connectivity index is 3.44. The van der Waals surface area contributed by atoms with Gasteiger partial charge in [-0.1, -0.05) is 6.07 Å². The van der Waals surface area contributed by atoms with E-state index in [9.17, 15) is 17.6 Å². The molecule has 0 aliphatic carbocycles. The van der Waals surface area contributed by atoms with E-state index >= 15 is 0 Å². The molecule has 0 fully saturated rings. The highest BCUT2D eigenvalue weighted by molar-refractivity contribution is 7.89. The lowest BCUT2D eigenvalue weighted by Gasteiger charge is -2.33. The van der Waals surface area contributed by atoms with E-state index in [1.54, 1.807) is 20.8 Å². The number of hydrogen-bond donors (Lipinski definition) is 1. The third-order valence-electron chi connectivity index (χ3n) is 2.75. The molecule has 0 amide bonds. The molecule has 0 atom stereocenters. The third kappa shape index (κ3) is 3.55. The van der Waals surface area contributed by atoms with Crippen LogP contribution in [0.1, 0.15) is 26.3 Å². The first-order valence-corrected chi connectivity index (χ1v) is 7.41. The Hall–Kier alpha value is -1.47. The van der Waals surface area contributed by atoms with Gasteiger partial charge in [-0.15, -0.1) is 0 Å². The minimum atomic E-state index is -4.09. The predicted octanol–water partition coefficient (Wildman–Crippen LogP) is 2.01. The van der Waals surface area contributed by atoms with E-state index < -0.39 is 33.9 Å². The summed E-state index contributed by atoms with van der Waals surface area (Å²) < 4.78 is 39.3. The average Bonchev–Trinajstić information content (AvgIpc) is 2.27. The van der Waals surface area contributed by atoms with Crippen molar-refractivity contribution in [2.45, 2.75) is 38.1 Å². The second-order valence-corrected chi connectivity index (χ2v) is 7.32. The number of carboxylic acid groups (broad SMARTS) is 1. The Kier molecular flexibility index (Phi) is 4.55. The lowest BCUT2D eigenvalue weighted by Crippen LogP contribution is -2.48. The number of halogens is 1. The van der Waals surface area contributed by atoms with Crippen LogP contribution in [0.15, 0.2) is 23.1 Å². The van der Waals surface area contributed by atoms with E-state index in [-0.39, 0.29) is 4.90 Å². The summed E-state index contributed by atoms with van der Waals surface area (Å²) in [6.45, 7) is 5.61. The molecule has 0 bridgehead atoms. The molecule has 0 aliphatic heterocycles. The standard InChI is InChI=1S/C13H18FNO4S/c1-9-5-6-10(14)7-11(9)20(18,19)15(8-12(16)17)13(2,3)4/h5-7H,8H2,1-4H3,(H,16,17). The number of benzene rings is 1. The molecule has 0 saturated heterocycles. The molecule has 0 unspecified atom stereocenters. The van der Waals surface area contributed by atoms with Gasteiger partial charge in [0.2, 0.25) is 10.0 Å². The van der Waals surface area contributed by atoms with E-state index in [0.717, 1.165) is 16.4 Å². The lowest BCUT2D eigenvalue weighted by atomic mass is 10.1. The van der Waals surface area contributed by atoms with Crippen LogP contribution in [0, 0.1) is 12.7 Å². The van der Waals surface area contributed by atoms with E-state index in [4.69, 9.17) is 5.11 Å². The highest BCUT2D eigenvalue weighted by Gasteiger charge is 2.36. The molecule has 7 heteroatoms. The smallest absolute Gasteiger partial charge is 0.318 e. The minimum absolute atomic E-state index is 0.214. The highest BCUT2D eigenvalue weighted by atomic mass is 32.2. The summed E-state index contributed by atoms with van der Waals surface area (Å²) in [6, 6.07) is 3.42. The Morgan fingerprint density at radius 2 is 1.90 bits per heavy atom. The van der Waals surface area contributed by atoms with Gasteiger partial charge in [0, 0.05) is 5.54 Å². The maximum absolute atomic E-state index is 13.3. The molecule has 1 N–H and O–H groups in total. The van der Waals surface area contributed by atoms with Gasteiger partial charge < -0.3 is 5.11 Å². The second-order valence-electron chi connectivity index (χ2n) is 5.49. The summed E-state index contributed by atoms with van der Waals surface area (Å²) in [6.07, 6.45) is 0. The summed E-state index contributed by atoms with van der Waals surface area (Å²) in [5, 5.41) is 8.90. The summed E-state index contributed by atoms with van der Waals surface area (Å²) in [4.78, 5) is 10.7. The van der Waals surface area contributed by atoms with Gasteiger partial charge in [-0.25, -0.2) is 12.8 Å². The molecule has 5 nitrogen and oxygen atoms in total. The first-order chi connectivity index (χ1) is 8.96. The Morgan fingerprint density at radius 1 is 1.35 bits per heavy atom. The molecule has 1 rings (SSSR count). The van der Waals surface area contributed by atoms with Gasteiger partial charge in [-0.05, 0) is 45.4 Å². The Morgan fingerprint density at radius 3 is 2.35 bits per heavy atom. The van der Waals surface area contributed by atoms with Gasteiger partial charge in [0.1, 0.15) is 12.4 Å². The fraction of sp³-hybridized carbons (Fsp3) is 0.462. The van der Waals surface area contributed by atoms with Gasteiger partial charge >= 0.3 is 5.97 Å². The van der Waals surface area contributed by atoms with Crippen molar-refractivity contribution in [3.8, 4) is 0 Å². The first-order valence-electron chi connectivity index (χ1n) is 5.97. The molecule has 1 aromatic rings. The van der Waals surface area contributed by atoms with Crippen LogP contribution in [0.5, 0.6) is 0 Å². The van der Waals surface area contributed by atoms with E-state index in [1.165, 1.54) is 13.0 Å². The molecule has 0 heterocycles. The quantitative estimate of drug-likeness (QED) is 0.923. The Bertz CT molecular complexity index is 620. The van der Waals surface area contributed by atoms with Gasteiger partial charge in [0.25, 0.3) is 0 Å². The van der Waals surface area contributed by atoms with Gasteiger partial charge in [-0.3, -0.25) is 4.79 Å². The maximum Gasteiger partial charge on any atom is 0.318 e. The molecule has 1 aromatic carbocycles. The second kappa shape index (κ2) is 5.49. The fourth-order valence-corrected chi connectivity index (χ4v) is 3.75. The lowest BCUT2D eigenvalue weighted by molar-refractivity contribution is -0.138. The van der Waals surface area contributed by atoms with Crippen molar-refractivity contribution >= 4 is 16.0 Å². The average molecular weight is 303 g/mol. The number of nitrogens with zero attached hydrogens (tertiary/aromatic N) is 1.